The van der Waals surface area contributed by atoms with Crippen LogP contribution in [0.4, 0.5) is 0 Å². The van der Waals surface area contributed by atoms with E-state index in [0.717, 1.165) is 50.3 Å². The van der Waals surface area contributed by atoms with Crippen molar-refractivity contribution >= 4 is 33.3 Å². The maximum absolute atomic E-state index is 4.89. The van der Waals surface area contributed by atoms with E-state index in [-0.39, 0.29) is 0 Å². The van der Waals surface area contributed by atoms with Gasteiger partial charge in [0.25, 0.3) is 0 Å². The van der Waals surface area contributed by atoms with Crippen molar-refractivity contribution in [2.45, 2.75) is 0 Å². The van der Waals surface area contributed by atoms with Crippen LogP contribution < -0.4 is 0 Å². The van der Waals surface area contributed by atoms with E-state index >= 15 is 0 Å². The minimum absolute atomic E-state index is 0.718. The van der Waals surface area contributed by atoms with Crippen LogP contribution in [0, 0.1) is 0 Å². The van der Waals surface area contributed by atoms with E-state index in [1.165, 1.54) is 11.9 Å². The van der Waals surface area contributed by atoms with Gasteiger partial charge in [0.15, 0.2) is 5.82 Å². The average molecular weight is 395 g/mol. The maximum Gasteiger partial charge on any atom is 0.159 e. The number of thiophene rings is 1. The average Bonchev–Trinajstić information content (AvgIpc) is 3.52. The zero-order valence-corrected chi connectivity index (χ0v) is 15.8. The smallest absolute Gasteiger partial charge is 0.159 e. The van der Waals surface area contributed by atoms with Gasteiger partial charge < -0.3 is 4.98 Å². The molecule has 0 atom stereocenters. The van der Waals surface area contributed by atoms with Crippen molar-refractivity contribution in [3.8, 4) is 33.9 Å². The number of hydrogen-bond acceptors (Lipinski definition) is 6. The quantitative estimate of drug-likeness (QED) is 0.453. The summed E-state index contributed by atoms with van der Waals surface area (Å²) in [6, 6.07) is 10.3. The first-order valence-corrected chi connectivity index (χ1v) is 9.92. The third-order valence-electron chi connectivity index (χ3n) is 4.87. The molecule has 6 aromatic rings. The van der Waals surface area contributed by atoms with Crippen LogP contribution in [0.2, 0.25) is 0 Å². The summed E-state index contributed by atoms with van der Waals surface area (Å²) in [5.41, 5.74) is 7.43. The van der Waals surface area contributed by atoms with Gasteiger partial charge in [-0.05, 0) is 34.5 Å². The molecule has 0 radical (unpaired) electrons. The molecule has 8 heteroatoms. The summed E-state index contributed by atoms with van der Waals surface area (Å²) in [7, 11) is 0. The molecule has 6 rings (SSSR count). The van der Waals surface area contributed by atoms with Gasteiger partial charge >= 0.3 is 0 Å². The zero-order valence-electron chi connectivity index (χ0n) is 15.0. The first kappa shape index (κ1) is 16.1. The Balaban J connectivity index is 1.53. The van der Waals surface area contributed by atoms with E-state index < -0.39 is 0 Å². The van der Waals surface area contributed by atoms with Crippen LogP contribution in [0.3, 0.4) is 0 Å². The second-order valence-electron chi connectivity index (χ2n) is 6.61. The van der Waals surface area contributed by atoms with Gasteiger partial charge in [0.2, 0.25) is 0 Å². The van der Waals surface area contributed by atoms with E-state index in [1.807, 2.05) is 18.2 Å². The second-order valence-corrected chi connectivity index (χ2v) is 7.39. The van der Waals surface area contributed by atoms with Gasteiger partial charge in [0, 0.05) is 28.9 Å². The molecule has 0 aliphatic carbocycles. The first-order chi connectivity index (χ1) is 14.4. The van der Waals surface area contributed by atoms with Gasteiger partial charge in [-0.3, -0.25) is 10.1 Å². The molecule has 0 amide bonds. The van der Waals surface area contributed by atoms with E-state index in [4.69, 9.17) is 4.98 Å². The highest BCUT2D eigenvalue weighted by atomic mass is 32.1. The van der Waals surface area contributed by atoms with Gasteiger partial charge in [0.1, 0.15) is 12.0 Å². The SMILES string of the molecule is c1cc(-c2ccsc2)c2nc(-c3n[nH]c4cnc(-c5cncnc5)cc34)[nH]c2c1. The molecule has 2 N–H and O–H groups in total. The minimum Gasteiger partial charge on any atom is -0.337 e. The van der Waals surface area contributed by atoms with Gasteiger partial charge in [0.05, 0.1) is 28.4 Å². The van der Waals surface area contributed by atoms with Crippen molar-refractivity contribution in [1.29, 1.82) is 0 Å². The number of aromatic nitrogens is 7. The number of hydrogen-bond donors (Lipinski definition) is 2. The standard InChI is InChI=1S/C21H13N7S/c1-2-14(12-4-5-29-10-12)19-16(3-1)25-21(26-19)20-15-6-17(13-7-22-11-23-8-13)24-9-18(15)27-28-20/h1-11H,(H,25,26)(H,27,28). The predicted octanol–water partition coefficient (Wildman–Crippen LogP) is 4.69. The number of fused-ring (bicyclic) bond motifs is 2. The maximum atomic E-state index is 4.89. The highest BCUT2D eigenvalue weighted by molar-refractivity contribution is 7.08. The molecule has 1 aromatic carbocycles. The van der Waals surface area contributed by atoms with Gasteiger partial charge in [-0.2, -0.15) is 16.4 Å². The lowest BCUT2D eigenvalue weighted by atomic mass is 10.1. The predicted molar refractivity (Wildman–Crippen MR) is 113 cm³/mol. The van der Waals surface area contributed by atoms with Gasteiger partial charge in [-0.15, -0.1) is 0 Å². The number of rotatable bonds is 3. The molecule has 0 saturated heterocycles. The van der Waals surface area contributed by atoms with Crippen LogP contribution >= 0.6 is 11.3 Å². The Morgan fingerprint density at radius 1 is 0.931 bits per heavy atom. The Morgan fingerprint density at radius 3 is 2.72 bits per heavy atom. The molecule has 5 aromatic heterocycles. The Labute approximate surface area is 168 Å². The molecular formula is C21H13N7S. The lowest BCUT2D eigenvalue weighted by Gasteiger charge is -2.00. The highest BCUT2D eigenvalue weighted by Gasteiger charge is 2.16. The van der Waals surface area contributed by atoms with Crippen LogP contribution in [-0.2, 0) is 0 Å². The molecule has 29 heavy (non-hydrogen) atoms. The van der Waals surface area contributed by atoms with E-state index in [9.17, 15) is 0 Å². The van der Waals surface area contributed by atoms with Crippen molar-refractivity contribution in [2.75, 3.05) is 0 Å². The molecule has 138 valence electrons. The fraction of sp³-hybridized carbons (Fsp3) is 0. The van der Waals surface area contributed by atoms with Crippen molar-refractivity contribution in [3.05, 3.63) is 66.0 Å². The van der Waals surface area contributed by atoms with E-state index in [1.54, 1.807) is 29.9 Å². The molecule has 0 spiro atoms. The fourth-order valence-corrected chi connectivity index (χ4v) is 4.14. The van der Waals surface area contributed by atoms with Crippen molar-refractivity contribution < 1.29 is 0 Å². The van der Waals surface area contributed by atoms with Crippen molar-refractivity contribution in [3.63, 3.8) is 0 Å². The molecule has 0 unspecified atom stereocenters. The number of imidazole rings is 1. The van der Waals surface area contributed by atoms with Crippen molar-refractivity contribution in [1.82, 2.24) is 35.1 Å². The Morgan fingerprint density at radius 2 is 1.86 bits per heavy atom. The summed E-state index contributed by atoms with van der Waals surface area (Å²) >= 11 is 1.68. The Bertz CT molecular complexity index is 1450. The molecule has 0 bridgehead atoms. The molecule has 0 fully saturated rings. The zero-order chi connectivity index (χ0) is 19.2. The Kier molecular flexibility index (Phi) is 3.50. The van der Waals surface area contributed by atoms with Crippen LogP contribution in [0.5, 0.6) is 0 Å². The third kappa shape index (κ3) is 2.61. The highest BCUT2D eigenvalue weighted by Crippen LogP contribution is 2.32. The molecule has 0 saturated carbocycles. The number of nitrogens with zero attached hydrogens (tertiary/aromatic N) is 5. The van der Waals surface area contributed by atoms with Crippen LogP contribution in [0.25, 0.3) is 55.8 Å². The van der Waals surface area contributed by atoms with E-state index in [2.05, 4.69) is 53.0 Å². The number of pyridine rings is 1. The third-order valence-corrected chi connectivity index (χ3v) is 5.56. The lowest BCUT2D eigenvalue weighted by Crippen LogP contribution is -1.87. The molecule has 0 aliphatic heterocycles. The number of H-pyrrole nitrogens is 2. The largest absolute Gasteiger partial charge is 0.337 e. The summed E-state index contributed by atoms with van der Waals surface area (Å²) < 4.78 is 0. The number of nitrogens with one attached hydrogen (secondary N) is 2. The second kappa shape index (κ2) is 6.32. The minimum atomic E-state index is 0.718. The van der Waals surface area contributed by atoms with Gasteiger partial charge in [-0.1, -0.05) is 12.1 Å². The summed E-state index contributed by atoms with van der Waals surface area (Å²) in [4.78, 5) is 21.0. The monoisotopic (exact) mass is 395 g/mol. The van der Waals surface area contributed by atoms with Crippen LogP contribution in [0.1, 0.15) is 0 Å². The number of para-hydroxylation sites is 1. The van der Waals surface area contributed by atoms with Crippen LogP contribution in [0.15, 0.2) is 66.0 Å². The van der Waals surface area contributed by atoms with Crippen LogP contribution in [-0.4, -0.2) is 35.1 Å². The number of aromatic amines is 2. The summed E-state index contributed by atoms with van der Waals surface area (Å²) in [5, 5.41) is 12.7. The van der Waals surface area contributed by atoms with E-state index in [0.29, 0.717) is 0 Å². The molecular weight excluding hydrogens is 382 g/mol. The fourth-order valence-electron chi connectivity index (χ4n) is 3.48. The molecule has 0 aliphatic rings. The first-order valence-electron chi connectivity index (χ1n) is 8.98. The topological polar surface area (TPSA) is 96.0 Å². The summed E-state index contributed by atoms with van der Waals surface area (Å²) in [6.45, 7) is 0. The van der Waals surface area contributed by atoms with Gasteiger partial charge in [-0.25, -0.2) is 15.0 Å². The van der Waals surface area contributed by atoms with Crippen molar-refractivity contribution in [2.24, 2.45) is 0 Å². The Hall–Kier alpha value is -3.91. The number of benzene rings is 1. The molecule has 5 heterocycles. The molecule has 7 nitrogen and oxygen atoms in total. The summed E-state index contributed by atoms with van der Waals surface area (Å²) in [6.07, 6.45) is 6.77. The normalized spacial score (nSPS) is 11.4. The summed E-state index contributed by atoms with van der Waals surface area (Å²) in [5.74, 6) is 0.718. The lowest BCUT2D eigenvalue weighted by molar-refractivity contribution is 1.10.